The fourth-order valence-corrected chi connectivity index (χ4v) is 4.43. The first-order chi connectivity index (χ1) is 20.5. The first-order valence-corrected chi connectivity index (χ1v) is 13.3. The highest BCUT2D eigenvalue weighted by atomic mass is 16.6. The summed E-state index contributed by atoms with van der Waals surface area (Å²) >= 11 is 0. The van der Waals surface area contributed by atoms with Crippen LogP contribution in [0.25, 0.3) is 0 Å². The van der Waals surface area contributed by atoms with E-state index in [2.05, 4.69) is 21.3 Å². The summed E-state index contributed by atoms with van der Waals surface area (Å²) in [5.41, 5.74) is 1.47. The summed E-state index contributed by atoms with van der Waals surface area (Å²) in [7, 11) is 6.48. The largest absolute Gasteiger partial charge is 0.477 e. The molecule has 0 saturated heterocycles. The lowest BCUT2D eigenvalue weighted by Gasteiger charge is -2.19. The first-order valence-electron chi connectivity index (χ1n) is 13.3. The van der Waals surface area contributed by atoms with E-state index in [0.717, 1.165) is 0 Å². The summed E-state index contributed by atoms with van der Waals surface area (Å²) in [5.74, 6) is -2.57. The van der Waals surface area contributed by atoms with Gasteiger partial charge < -0.3 is 44.1 Å². The number of amides is 4. The number of hydrogen-bond acceptors (Lipinski definition) is 6. The van der Waals surface area contributed by atoms with E-state index in [9.17, 15) is 29.1 Å². The van der Waals surface area contributed by atoms with E-state index in [-0.39, 0.29) is 22.8 Å². The van der Waals surface area contributed by atoms with E-state index in [0.29, 0.717) is 22.7 Å². The maximum Gasteiger partial charge on any atom is 0.412 e. The summed E-state index contributed by atoms with van der Waals surface area (Å²) in [6, 6.07) is 5.83. The molecule has 4 heterocycles. The zero-order chi connectivity index (χ0) is 32.5. The van der Waals surface area contributed by atoms with Crippen molar-refractivity contribution in [2.75, 3.05) is 21.3 Å². The number of anilines is 4. The standard InChI is InChI=1S/C29H34N8O7/c1-29(2,3)44-28(43)33-19-10-22(36(6)15-19)26(40)31-17-8-20(34(4)13-17)24(38)30-16-9-21(35(5)12-16)25(39)32-18-11-23(27(41)42)37(7)14-18/h8-15H,1-7H3,(H,30,38)(H,31,40)(H,32,39)(H,33,43)(H,41,42). The predicted octanol–water partition coefficient (Wildman–Crippen LogP) is 3.84. The van der Waals surface area contributed by atoms with Crippen molar-refractivity contribution in [3.8, 4) is 0 Å². The fraction of sp³-hybridized carbons (Fsp3) is 0.276. The summed E-state index contributed by atoms with van der Waals surface area (Å²) in [4.78, 5) is 62.2. The quantitative estimate of drug-likeness (QED) is 0.202. The molecule has 0 aliphatic heterocycles. The number of carbonyl (C=O) groups excluding carboxylic acids is 4. The number of rotatable bonds is 8. The molecular formula is C29H34N8O7. The van der Waals surface area contributed by atoms with Gasteiger partial charge in [-0.05, 0) is 45.0 Å². The number of aryl methyl sites for hydroxylation is 4. The van der Waals surface area contributed by atoms with E-state index < -0.39 is 35.4 Å². The summed E-state index contributed by atoms with van der Waals surface area (Å²) < 4.78 is 11.2. The highest BCUT2D eigenvalue weighted by molar-refractivity contribution is 6.08. The minimum absolute atomic E-state index is 0.0156. The Hall–Kier alpha value is -5.73. The van der Waals surface area contributed by atoms with Gasteiger partial charge in [0.1, 0.15) is 28.4 Å². The molecule has 0 bridgehead atoms. The molecule has 4 amide bonds. The number of ether oxygens (including phenoxy) is 1. The number of carboxylic acids is 1. The minimum atomic E-state index is -1.12. The molecule has 0 spiro atoms. The highest BCUT2D eigenvalue weighted by Crippen LogP contribution is 2.21. The third-order valence-electron chi connectivity index (χ3n) is 6.36. The number of aromatic nitrogens is 4. The van der Waals surface area contributed by atoms with Gasteiger partial charge in [-0.3, -0.25) is 19.7 Å². The molecule has 0 unspecified atom stereocenters. The van der Waals surface area contributed by atoms with Gasteiger partial charge in [0.25, 0.3) is 17.7 Å². The van der Waals surface area contributed by atoms with Gasteiger partial charge in [-0.2, -0.15) is 0 Å². The average Bonchev–Trinajstić information content (AvgIpc) is 3.64. The lowest BCUT2D eigenvalue weighted by atomic mass is 10.2. The van der Waals surface area contributed by atoms with Crippen molar-refractivity contribution in [1.82, 2.24) is 18.3 Å². The Morgan fingerprint density at radius 2 is 0.864 bits per heavy atom. The second kappa shape index (κ2) is 11.9. The monoisotopic (exact) mass is 606 g/mol. The van der Waals surface area contributed by atoms with Crippen LogP contribution in [-0.4, -0.2) is 58.8 Å². The smallest absolute Gasteiger partial charge is 0.412 e. The topological polar surface area (TPSA) is 183 Å². The van der Waals surface area contributed by atoms with E-state index >= 15 is 0 Å². The summed E-state index contributed by atoms with van der Waals surface area (Å²) in [5, 5.41) is 20.0. The van der Waals surface area contributed by atoms with Crippen molar-refractivity contribution in [3.05, 3.63) is 71.8 Å². The highest BCUT2D eigenvalue weighted by Gasteiger charge is 2.21. The zero-order valence-corrected chi connectivity index (χ0v) is 25.3. The second-order valence-electron chi connectivity index (χ2n) is 11.2. The van der Waals surface area contributed by atoms with Gasteiger partial charge in [-0.1, -0.05) is 0 Å². The summed E-state index contributed by atoms with van der Waals surface area (Å²) in [6.45, 7) is 5.23. The average molecular weight is 607 g/mol. The molecule has 4 rings (SSSR count). The Balaban J connectivity index is 1.40. The van der Waals surface area contributed by atoms with Crippen molar-refractivity contribution in [3.63, 3.8) is 0 Å². The van der Waals surface area contributed by atoms with E-state index in [1.54, 1.807) is 72.1 Å². The molecule has 0 aromatic carbocycles. The molecule has 4 aromatic rings. The molecule has 44 heavy (non-hydrogen) atoms. The van der Waals surface area contributed by atoms with Crippen molar-refractivity contribution in [1.29, 1.82) is 0 Å². The van der Waals surface area contributed by atoms with Crippen LogP contribution in [0.5, 0.6) is 0 Å². The predicted molar refractivity (Wildman–Crippen MR) is 162 cm³/mol. The zero-order valence-electron chi connectivity index (χ0n) is 25.3. The van der Waals surface area contributed by atoms with Crippen LogP contribution in [0.4, 0.5) is 27.5 Å². The number of aromatic carboxylic acids is 1. The minimum Gasteiger partial charge on any atom is -0.477 e. The third kappa shape index (κ3) is 7.18. The maximum atomic E-state index is 13.1. The maximum absolute atomic E-state index is 13.1. The molecule has 0 aliphatic rings. The lowest BCUT2D eigenvalue weighted by molar-refractivity contribution is 0.0633. The van der Waals surface area contributed by atoms with Crippen molar-refractivity contribution in [2.45, 2.75) is 26.4 Å². The molecule has 0 aliphatic carbocycles. The number of nitrogens with zero attached hydrogens (tertiary/aromatic N) is 4. The normalized spacial score (nSPS) is 11.2. The van der Waals surface area contributed by atoms with Crippen molar-refractivity contribution in [2.24, 2.45) is 28.2 Å². The van der Waals surface area contributed by atoms with Gasteiger partial charge >= 0.3 is 12.1 Å². The SMILES string of the molecule is Cn1cc(NC(=O)c2cc(NC(=O)c3cc(NC(=O)c4cc(NC(=O)OC(C)(C)C)cn4C)cn3C)cn2C)cc1C(=O)O. The molecule has 0 radical (unpaired) electrons. The number of carbonyl (C=O) groups is 5. The molecular weight excluding hydrogens is 572 g/mol. The Morgan fingerprint density at radius 1 is 0.568 bits per heavy atom. The van der Waals surface area contributed by atoms with Gasteiger partial charge in [-0.15, -0.1) is 0 Å². The molecule has 15 nitrogen and oxygen atoms in total. The van der Waals surface area contributed by atoms with Crippen LogP contribution in [0.2, 0.25) is 0 Å². The van der Waals surface area contributed by atoms with Crippen LogP contribution in [0.1, 0.15) is 62.7 Å². The molecule has 232 valence electrons. The molecule has 0 atom stereocenters. The third-order valence-corrected chi connectivity index (χ3v) is 6.36. The molecule has 5 N–H and O–H groups in total. The van der Waals surface area contributed by atoms with Gasteiger partial charge in [0, 0.05) is 53.0 Å². The molecule has 0 fully saturated rings. The van der Waals surface area contributed by atoms with Crippen molar-refractivity contribution >= 4 is 52.5 Å². The molecule has 4 aromatic heterocycles. The van der Waals surface area contributed by atoms with Crippen LogP contribution in [0.3, 0.4) is 0 Å². The van der Waals surface area contributed by atoms with Crippen LogP contribution in [0.15, 0.2) is 49.1 Å². The van der Waals surface area contributed by atoms with Crippen LogP contribution in [0, 0.1) is 0 Å². The fourth-order valence-electron chi connectivity index (χ4n) is 4.43. The Kier molecular flexibility index (Phi) is 8.42. The van der Waals surface area contributed by atoms with Crippen LogP contribution >= 0.6 is 0 Å². The first kappa shape index (κ1) is 31.2. The molecule has 15 heteroatoms. The van der Waals surface area contributed by atoms with E-state index in [4.69, 9.17) is 4.74 Å². The van der Waals surface area contributed by atoms with E-state index in [1.165, 1.54) is 44.2 Å². The van der Waals surface area contributed by atoms with Crippen LogP contribution in [-0.2, 0) is 32.9 Å². The second-order valence-corrected chi connectivity index (χ2v) is 11.2. The Morgan fingerprint density at radius 3 is 1.16 bits per heavy atom. The number of hydrogen-bond donors (Lipinski definition) is 5. The Bertz CT molecular complexity index is 1780. The van der Waals surface area contributed by atoms with Crippen molar-refractivity contribution < 1.29 is 33.8 Å². The number of carboxylic acid groups (broad SMARTS) is 1. The van der Waals surface area contributed by atoms with Gasteiger partial charge in [-0.25, -0.2) is 9.59 Å². The van der Waals surface area contributed by atoms with Gasteiger partial charge in [0.15, 0.2) is 0 Å². The Labute approximate surface area is 252 Å². The summed E-state index contributed by atoms with van der Waals surface area (Å²) in [6.07, 6.45) is 5.54. The van der Waals surface area contributed by atoms with Gasteiger partial charge in [0.05, 0.1) is 22.7 Å². The van der Waals surface area contributed by atoms with Gasteiger partial charge in [0.2, 0.25) is 0 Å². The lowest BCUT2D eigenvalue weighted by Crippen LogP contribution is -2.27. The van der Waals surface area contributed by atoms with E-state index in [1.807, 2.05) is 0 Å². The number of nitrogens with one attached hydrogen (secondary N) is 4. The molecule has 0 saturated carbocycles. The van der Waals surface area contributed by atoms with Crippen LogP contribution < -0.4 is 21.3 Å².